The van der Waals surface area contributed by atoms with Crippen molar-refractivity contribution in [2.75, 3.05) is 0 Å². The first-order chi connectivity index (χ1) is 10.3. The molecule has 0 atom stereocenters. The molecule has 5 heteroatoms. The van der Waals surface area contributed by atoms with Crippen LogP contribution in [0.25, 0.3) is 16.6 Å². The summed E-state index contributed by atoms with van der Waals surface area (Å²) in [6, 6.07) is 14.3. The summed E-state index contributed by atoms with van der Waals surface area (Å²) < 4.78 is 1.52. The van der Waals surface area contributed by atoms with Gasteiger partial charge in [-0.1, -0.05) is 24.3 Å². The summed E-state index contributed by atoms with van der Waals surface area (Å²) in [6.45, 7) is 0.230. The highest BCUT2D eigenvalue weighted by Gasteiger charge is 2.21. The van der Waals surface area contributed by atoms with E-state index in [1.54, 1.807) is 30.3 Å². The van der Waals surface area contributed by atoms with Gasteiger partial charge in [-0.3, -0.25) is 14.2 Å². The molecule has 0 spiro atoms. The summed E-state index contributed by atoms with van der Waals surface area (Å²) in [5.41, 5.74) is 1.54. The number of nitrogens with zero attached hydrogens (tertiary/aromatic N) is 2. The Balaban J connectivity index is 2.17. The van der Waals surface area contributed by atoms with E-state index in [1.165, 1.54) is 4.57 Å². The van der Waals surface area contributed by atoms with Crippen LogP contribution in [0.1, 0.15) is 16.2 Å². The van der Waals surface area contributed by atoms with Gasteiger partial charge in [0.05, 0.1) is 28.7 Å². The molecule has 0 radical (unpaired) electrons. The molecule has 0 unspecified atom stereocenters. The molecule has 2 aromatic carbocycles. The van der Waals surface area contributed by atoms with E-state index in [0.29, 0.717) is 28.0 Å². The van der Waals surface area contributed by atoms with Crippen molar-refractivity contribution >= 4 is 16.8 Å². The van der Waals surface area contributed by atoms with E-state index >= 15 is 0 Å². The largest absolute Gasteiger partial charge is 0.345 e. The number of hydrogen-bond acceptors (Lipinski definition) is 3. The molecule has 2 heterocycles. The Morgan fingerprint density at radius 1 is 1.00 bits per heavy atom. The van der Waals surface area contributed by atoms with E-state index in [1.807, 2.05) is 18.2 Å². The highest BCUT2D eigenvalue weighted by molar-refractivity contribution is 5.98. The normalized spacial score (nSPS) is 13.2. The molecule has 21 heavy (non-hydrogen) atoms. The fourth-order valence-corrected chi connectivity index (χ4v) is 2.66. The van der Waals surface area contributed by atoms with Crippen LogP contribution in [0, 0.1) is 0 Å². The number of aromatic nitrogens is 2. The van der Waals surface area contributed by atoms with E-state index in [2.05, 4.69) is 10.3 Å². The first-order valence-electron chi connectivity index (χ1n) is 6.64. The molecule has 1 aromatic heterocycles. The number of carbonyl (C=O) groups is 1. The number of hydrogen-bond donors (Lipinski definition) is 1. The van der Waals surface area contributed by atoms with Gasteiger partial charge < -0.3 is 5.32 Å². The third-order valence-corrected chi connectivity index (χ3v) is 3.64. The molecule has 0 saturated carbocycles. The zero-order valence-electron chi connectivity index (χ0n) is 11.0. The summed E-state index contributed by atoms with van der Waals surface area (Å²) >= 11 is 0. The second kappa shape index (κ2) is 4.28. The third-order valence-electron chi connectivity index (χ3n) is 3.64. The maximum Gasteiger partial charge on any atom is 0.266 e. The standard InChI is InChI=1S/C16H11N3O2/c20-15-11-6-2-4-8-13(11)19-14(9-17-15)18-12-7-3-1-5-10(12)16(19)21/h1-8H,9H2,(H,17,20). The van der Waals surface area contributed by atoms with Gasteiger partial charge in [-0.05, 0) is 24.3 Å². The number of para-hydroxylation sites is 2. The minimum Gasteiger partial charge on any atom is -0.345 e. The fraction of sp³-hybridized carbons (Fsp3) is 0.0625. The highest BCUT2D eigenvalue weighted by atomic mass is 16.2. The van der Waals surface area contributed by atoms with Gasteiger partial charge in [0.25, 0.3) is 11.5 Å². The van der Waals surface area contributed by atoms with Crippen molar-refractivity contribution in [3.05, 3.63) is 70.3 Å². The zero-order chi connectivity index (χ0) is 14.4. The molecule has 102 valence electrons. The van der Waals surface area contributed by atoms with Gasteiger partial charge in [0.15, 0.2) is 0 Å². The average Bonchev–Trinajstić information content (AvgIpc) is 2.66. The van der Waals surface area contributed by atoms with E-state index in [4.69, 9.17) is 0 Å². The molecule has 0 bridgehead atoms. The van der Waals surface area contributed by atoms with E-state index < -0.39 is 0 Å². The van der Waals surface area contributed by atoms with Gasteiger partial charge in [0.1, 0.15) is 5.82 Å². The minimum absolute atomic E-state index is 0.153. The van der Waals surface area contributed by atoms with E-state index in [9.17, 15) is 9.59 Å². The van der Waals surface area contributed by atoms with Crippen molar-refractivity contribution in [3.8, 4) is 5.69 Å². The van der Waals surface area contributed by atoms with E-state index in [-0.39, 0.29) is 18.0 Å². The first kappa shape index (κ1) is 11.8. The van der Waals surface area contributed by atoms with Crippen LogP contribution in [0.15, 0.2) is 53.3 Å². The lowest BCUT2D eigenvalue weighted by Crippen LogP contribution is -2.25. The molecular formula is C16H11N3O2. The molecule has 1 amide bonds. The smallest absolute Gasteiger partial charge is 0.266 e. The molecule has 0 saturated heterocycles. The molecule has 0 aliphatic carbocycles. The monoisotopic (exact) mass is 277 g/mol. The van der Waals surface area contributed by atoms with Crippen LogP contribution in [0.4, 0.5) is 0 Å². The fourth-order valence-electron chi connectivity index (χ4n) is 2.66. The van der Waals surface area contributed by atoms with Gasteiger partial charge in [-0.2, -0.15) is 0 Å². The predicted octanol–water partition coefficient (Wildman–Crippen LogP) is 1.63. The number of carbonyl (C=O) groups excluding carboxylic acids is 1. The van der Waals surface area contributed by atoms with Crippen LogP contribution in [0.5, 0.6) is 0 Å². The lowest BCUT2D eigenvalue weighted by Gasteiger charge is -2.11. The molecule has 1 aliphatic heterocycles. The molecule has 3 aromatic rings. The molecule has 5 nitrogen and oxygen atoms in total. The number of amides is 1. The van der Waals surface area contributed by atoms with Gasteiger partial charge in [0, 0.05) is 0 Å². The number of rotatable bonds is 0. The van der Waals surface area contributed by atoms with Gasteiger partial charge >= 0.3 is 0 Å². The molecule has 0 fully saturated rings. The summed E-state index contributed by atoms with van der Waals surface area (Å²) in [5.74, 6) is 0.344. The van der Waals surface area contributed by atoms with E-state index in [0.717, 1.165) is 0 Å². The molecule has 1 N–H and O–H groups in total. The van der Waals surface area contributed by atoms with Crippen molar-refractivity contribution in [2.45, 2.75) is 6.54 Å². The van der Waals surface area contributed by atoms with Gasteiger partial charge in [-0.25, -0.2) is 4.98 Å². The topological polar surface area (TPSA) is 64.0 Å². The minimum atomic E-state index is -0.195. The Labute approximate surface area is 119 Å². The maximum absolute atomic E-state index is 12.8. The van der Waals surface area contributed by atoms with Gasteiger partial charge in [-0.15, -0.1) is 0 Å². The molecule has 4 rings (SSSR count). The third kappa shape index (κ3) is 1.67. The predicted molar refractivity (Wildman–Crippen MR) is 78.5 cm³/mol. The summed E-state index contributed by atoms with van der Waals surface area (Å²) in [7, 11) is 0. The summed E-state index contributed by atoms with van der Waals surface area (Å²) in [4.78, 5) is 29.4. The molecular weight excluding hydrogens is 266 g/mol. The average molecular weight is 277 g/mol. The second-order valence-corrected chi connectivity index (χ2v) is 4.89. The lowest BCUT2D eigenvalue weighted by molar-refractivity contribution is 0.0952. The Hall–Kier alpha value is -2.95. The van der Waals surface area contributed by atoms with Crippen molar-refractivity contribution in [3.63, 3.8) is 0 Å². The SMILES string of the molecule is O=C1NCc2nc3ccccc3c(=O)n2-c2ccccc21. The number of fused-ring (bicyclic) bond motifs is 4. The van der Waals surface area contributed by atoms with Crippen LogP contribution in [0.3, 0.4) is 0 Å². The molecule has 1 aliphatic rings. The Morgan fingerprint density at radius 2 is 1.76 bits per heavy atom. The summed E-state index contributed by atoms with van der Waals surface area (Å²) in [6.07, 6.45) is 0. The zero-order valence-corrected chi connectivity index (χ0v) is 11.0. The lowest BCUT2D eigenvalue weighted by atomic mass is 10.1. The van der Waals surface area contributed by atoms with Crippen molar-refractivity contribution in [1.82, 2.24) is 14.9 Å². The first-order valence-corrected chi connectivity index (χ1v) is 6.64. The van der Waals surface area contributed by atoms with Crippen molar-refractivity contribution in [2.24, 2.45) is 0 Å². The van der Waals surface area contributed by atoms with Crippen LogP contribution < -0.4 is 10.9 Å². The number of benzene rings is 2. The Kier molecular flexibility index (Phi) is 2.41. The van der Waals surface area contributed by atoms with Crippen molar-refractivity contribution < 1.29 is 4.79 Å². The van der Waals surface area contributed by atoms with Crippen molar-refractivity contribution in [1.29, 1.82) is 0 Å². The maximum atomic E-state index is 12.8. The summed E-state index contributed by atoms with van der Waals surface area (Å²) in [5, 5.41) is 3.33. The Bertz CT molecular complexity index is 944. The van der Waals surface area contributed by atoms with Gasteiger partial charge in [0.2, 0.25) is 0 Å². The second-order valence-electron chi connectivity index (χ2n) is 4.89. The number of nitrogens with one attached hydrogen (secondary N) is 1. The van der Waals surface area contributed by atoms with Crippen LogP contribution in [-0.2, 0) is 6.54 Å². The quantitative estimate of drug-likeness (QED) is 0.679. The van der Waals surface area contributed by atoms with Crippen LogP contribution in [-0.4, -0.2) is 15.5 Å². The Morgan fingerprint density at radius 3 is 2.67 bits per heavy atom. The van der Waals surface area contributed by atoms with Crippen LogP contribution in [0.2, 0.25) is 0 Å². The van der Waals surface area contributed by atoms with Crippen LogP contribution >= 0.6 is 0 Å². The highest BCUT2D eigenvalue weighted by Crippen LogP contribution is 2.19.